The van der Waals surface area contributed by atoms with Crippen molar-refractivity contribution < 1.29 is 29.0 Å². The van der Waals surface area contributed by atoms with Crippen LogP contribution in [0.1, 0.15) is 12.0 Å². The quantitative estimate of drug-likeness (QED) is 0.405. The molecule has 2 saturated heterocycles. The number of benzene rings is 2. The summed E-state index contributed by atoms with van der Waals surface area (Å²) in [6.45, 7) is 0. The van der Waals surface area contributed by atoms with Gasteiger partial charge in [0.15, 0.2) is 11.5 Å². The molecule has 2 fully saturated rings. The Kier molecular flexibility index (Phi) is 5.90. The molecule has 8 nitrogen and oxygen atoms in total. The summed E-state index contributed by atoms with van der Waals surface area (Å²) < 4.78 is 10.7. The minimum atomic E-state index is -1.01. The van der Waals surface area contributed by atoms with Gasteiger partial charge in [-0.15, -0.1) is 0 Å². The molecule has 2 heterocycles. The fraction of sp³-hybridized carbons (Fsp3) is 0.182. The SMILES string of the molecule is COc1ccc(/C=C2\SC(=S)N(C3CC(=O)N(c4ccc(O)cc4)C3=O)C2=O)cc1OC. The zero-order chi connectivity index (χ0) is 23.0. The largest absolute Gasteiger partial charge is 0.508 e. The third-order valence-corrected chi connectivity index (χ3v) is 6.40. The van der Waals surface area contributed by atoms with Crippen LogP contribution in [0.15, 0.2) is 47.4 Å². The van der Waals surface area contributed by atoms with Crippen LogP contribution in [0.3, 0.4) is 0 Å². The van der Waals surface area contributed by atoms with E-state index >= 15 is 0 Å². The van der Waals surface area contributed by atoms with Crippen LogP contribution < -0.4 is 14.4 Å². The number of thioether (sulfide) groups is 1. The first-order valence-corrected chi connectivity index (χ1v) is 10.7. The van der Waals surface area contributed by atoms with Crippen LogP contribution >= 0.6 is 24.0 Å². The molecule has 2 aliphatic rings. The zero-order valence-corrected chi connectivity index (χ0v) is 18.7. The Balaban J connectivity index is 1.59. The number of phenols is 1. The maximum atomic E-state index is 13.1. The van der Waals surface area contributed by atoms with Gasteiger partial charge < -0.3 is 14.6 Å². The number of carbonyl (C=O) groups is 3. The van der Waals surface area contributed by atoms with Gasteiger partial charge >= 0.3 is 0 Å². The van der Waals surface area contributed by atoms with Crippen LogP contribution in [0.4, 0.5) is 5.69 Å². The van der Waals surface area contributed by atoms with Gasteiger partial charge in [0.05, 0.1) is 31.2 Å². The van der Waals surface area contributed by atoms with Crippen molar-refractivity contribution in [2.75, 3.05) is 19.1 Å². The van der Waals surface area contributed by atoms with Crippen LogP contribution in [-0.2, 0) is 14.4 Å². The molecule has 0 bridgehead atoms. The predicted octanol–water partition coefficient (Wildman–Crippen LogP) is 2.94. The first-order valence-electron chi connectivity index (χ1n) is 9.49. The van der Waals surface area contributed by atoms with Gasteiger partial charge in [-0.2, -0.15) is 0 Å². The third-order valence-electron chi connectivity index (χ3n) is 5.07. The van der Waals surface area contributed by atoms with Gasteiger partial charge in [-0.3, -0.25) is 19.3 Å². The summed E-state index contributed by atoms with van der Waals surface area (Å²) in [5, 5.41) is 9.46. The second-order valence-corrected chi connectivity index (χ2v) is 8.65. The lowest BCUT2D eigenvalue weighted by molar-refractivity contribution is -0.129. The summed E-state index contributed by atoms with van der Waals surface area (Å²) in [7, 11) is 3.05. The molecule has 2 aliphatic heterocycles. The van der Waals surface area contributed by atoms with E-state index in [0.717, 1.165) is 16.7 Å². The van der Waals surface area contributed by atoms with Crippen molar-refractivity contribution in [3.8, 4) is 17.2 Å². The molecule has 0 spiro atoms. The maximum absolute atomic E-state index is 13.1. The molecule has 10 heteroatoms. The smallest absolute Gasteiger partial charge is 0.266 e. The number of imide groups is 1. The van der Waals surface area contributed by atoms with E-state index in [4.69, 9.17) is 21.7 Å². The Morgan fingerprint density at radius 2 is 1.75 bits per heavy atom. The van der Waals surface area contributed by atoms with E-state index in [9.17, 15) is 19.5 Å². The van der Waals surface area contributed by atoms with E-state index in [-0.39, 0.29) is 16.5 Å². The van der Waals surface area contributed by atoms with E-state index in [0.29, 0.717) is 27.7 Å². The summed E-state index contributed by atoms with van der Waals surface area (Å²) in [4.78, 5) is 41.3. The average molecular weight is 471 g/mol. The van der Waals surface area contributed by atoms with Gasteiger partial charge in [-0.05, 0) is 48.0 Å². The molecule has 3 amide bonds. The second-order valence-electron chi connectivity index (χ2n) is 6.97. The van der Waals surface area contributed by atoms with E-state index in [1.54, 1.807) is 24.3 Å². The minimum Gasteiger partial charge on any atom is -0.508 e. The fourth-order valence-corrected chi connectivity index (χ4v) is 4.89. The van der Waals surface area contributed by atoms with E-state index in [1.165, 1.54) is 43.4 Å². The van der Waals surface area contributed by atoms with Gasteiger partial charge in [0.2, 0.25) is 5.91 Å². The van der Waals surface area contributed by atoms with Gasteiger partial charge in [-0.25, -0.2) is 4.90 Å². The topological polar surface area (TPSA) is 96.4 Å². The molecule has 164 valence electrons. The average Bonchev–Trinajstić information content (AvgIpc) is 3.22. The number of anilines is 1. The van der Waals surface area contributed by atoms with Crippen molar-refractivity contribution in [2.45, 2.75) is 12.5 Å². The van der Waals surface area contributed by atoms with Crippen molar-refractivity contribution in [1.29, 1.82) is 0 Å². The Labute approximate surface area is 193 Å². The standard InChI is InChI=1S/C22H18N2O6S2/c1-29-16-8-3-12(9-17(16)30-2)10-18-21(28)24(22(31)32-18)15-11-19(26)23(20(15)27)13-4-6-14(25)7-5-13/h3-10,15,25H,11H2,1-2H3/b18-10-. The second kappa shape index (κ2) is 8.64. The Bertz CT molecular complexity index is 1160. The number of amides is 3. The van der Waals surface area contributed by atoms with Crippen LogP contribution in [-0.4, -0.2) is 52.3 Å². The van der Waals surface area contributed by atoms with Crippen LogP contribution in [0.5, 0.6) is 17.2 Å². The molecule has 2 aromatic rings. The van der Waals surface area contributed by atoms with Crippen molar-refractivity contribution in [2.24, 2.45) is 0 Å². The number of nitrogens with zero attached hydrogens (tertiary/aromatic N) is 2. The van der Waals surface area contributed by atoms with Crippen LogP contribution in [0, 0.1) is 0 Å². The van der Waals surface area contributed by atoms with E-state index in [2.05, 4.69) is 0 Å². The number of hydrogen-bond acceptors (Lipinski definition) is 8. The highest BCUT2D eigenvalue weighted by Crippen LogP contribution is 2.38. The molecule has 32 heavy (non-hydrogen) atoms. The number of hydrogen-bond donors (Lipinski definition) is 1. The lowest BCUT2D eigenvalue weighted by atomic mass is 10.1. The molecule has 2 aromatic carbocycles. The highest BCUT2D eigenvalue weighted by Gasteiger charge is 2.48. The van der Waals surface area contributed by atoms with Gasteiger partial charge in [0.1, 0.15) is 16.1 Å². The van der Waals surface area contributed by atoms with E-state index in [1.807, 2.05) is 0 Å². The van der Waals surface area contributed by atoms with Crippen LogP contribution in [0.25, 0.3) is 6.08 Å². The first kappa shape index (κ1) is 21.8. The molecule has 0 radical (unpaired) electrons. The molecular weight excluding hydrogens is 452 g/mol. The summed E-state index contributed by atoms with van der Waals surface area (Å²) in [6, 6.07) is 9.90. The number of thiocarbonyl (C=S) groups is 1. The highest BCUT2D eigenvalue weighted by atomic mass is 32.2. The number of methoxy groups -OCH3 is 2. The number of ether oxygens (including phenoxy) is 2. The Morgan fingerprint density at radius 1 is 1.06 bits per heavy atom. The Hall–Kier alpha value is -3.37. The van der Waals surface area contributed by atoms with Crippen molar-refractivity contribution >= 4 is 57.8 Å². The van der Waals surface area contributed by atoms with Gasteiger partial charge in [0, 0.05) is 0 Å². The molecule has 1 N–H and O–H groups in total. The molecule has 1 unspecified atom stereocenters. The monoisotopic (exact) mass is 470 g/mol. The third kappa shape index (κ3) is 3.82. The summed E-state index contributed by atoms with van der Waals surface area (Å²) >= 11 is 6.44. The molecule has 4 rings (SSSR count). The predicted molar refractivity (Wildman–Crippen MR) is 124 cm³/mol. The number of aromatic hydroxyl groups is 1. The molecule has 1 atom stereocenters. The highest BCUT2D eigenvalue weighted by molar-refractivity contribution is 8.26. The van der Waals surface area contributed by atoms with Crippen molar-refractivity contribution in [3.05, 3.63) is 52.9 Å². The molecular formula is C22H18N2O6S2. The minimum absolute atomic E-state index is 0.0154. The lowest BCUT2D eigenvalue weighted by Crippen LogP contribution is -2.44. The zero-order valence-electron chi connectivity index (χ0n) is 17.1. The van der Waals surface area contributed by atoms with Gasteiger partial charge in [0.25, 0.3) is 11.8 Å². The van der Waals surface area contributed by atoms with Crippen LogP contribution in [0.2, 0.25) is 0 Å². The van der Waals surface area contributed by atoms with Crippen molar-refractivity contribution in [3.63, 3.8) is 0 Å². The first-order chi connectivity index (χ1) is 15.3. The number of phenolic OH excluding ortho intramolecular Hbond substituents is 1. The number of rotatable bonds is 5. The molecule has 0 aliphatic carbocycles. The van der Waals surface area contributed by atoms with Gasteiger partial charge in [-0.1, -0.05) is 30.0 Å². The molecule has 0 aromatic heterocycles. The lowest BCUT2D eigenvalue weighted by Gasteiger charge is -2.21. The maximum Gasteiger partial charge on any atom is 0.266 e. The Morgan fingerprint density at radius 3 is 2.41 bits per heavy atom. The summed E-state index contributed by atoms with van der Waals surface area (Å²) in [6.07, 6.45) is 1.48. The normalized spacial score (nSPS) is 19.9. The summed E-state index contributed by atoms with van der Waals surface area (Å²) in [5.74, 6) is -0.331. The molecule has 0 saturated carbocycles. The van der Waals surface area contributed by atoms with E-state index < -0.39 is 23.8 Å². The summed E-state index contributed by atoms with van der Waals surface area (Å²) in [5.41, 5.74) is 1.02. The van der Waals surface area contributed by atoms with Crippen molar-refractivity contribution in [1.82, 2.24) is 4.90 Å². The number of carbonyl (C=O) groups excluding carboxylic acids is 3. The fourth-order valence-electron chi connectivity index (χ4n) is 3.53.